The third-order valence-electron chi connectivity index (χ3n) is 3.56. The SMILES string of the molecule is Cc1ccccc1/C=c1\s/c(=C\C(=O)c2ccccc2Cl)[nH]c1=O. The van der Waals surface area contributed by atoms with E-state index in [1.54, 1.807) is 24.3 Å². The number of carbonyl (C=O) groups is 1. The number of halogens is 1. The molecule has 0 aliphatic rings. The summed E-state index contributed by atoms with van der Waals surface area (Å²) in [6, 6.07) is 14.7. The van der Waals surface area contributed by atoms with Gasteiger partial charge in [0, 0.05) is 11.6 Å². The Bertz CT molecular complexity index is 1080. The molecule has 0 saturated heterocycles. The van der Waals surface area contributed by atoms with Crippen molar-refractivity contribution in [3.05, 3.63) is 89.8 Å². The van der Waals surface area contributed by atoms with Gasteiger partial charge in [-0.25, -0.2) is 0 Å². The number of nitrogens with one attached hydrogen (secondary N) is 1. The van der Waals surface area contributed by atoms with Gasteiger partial charge in [0.15, 0.2) is 5.78 Å². The number of carbonyl (C=O) groups excluding carboxylic acids is 1. The third-order valence-corrected chi connectivity index (χ3v) is 4.85. The summed E-state index contributed by atoms with van der Waals surface area (Å²) in [5, 5.41) is 0.393. The fourth-order valence-electron chi connectivity index (χ4n) is 2.27. The lowest BCUT2D eigenvalue weighted by atomic mass is 10.1. The molecule has 1 heterocycles. The van der Waals surface area contributed by atoms with E-state index >= 15 is 0 Å². The molecular weight excluding hydrogens is 342 g/mol. The number of thiazole rings is 1. The van der Waals surface area contributed by atoms with Gasteiger partial charge >= 0.3 is 0 Å². The number of aromatic amines is 1. The normalized spacial score (nSPS) is 12.6. The molecule has 1 N–H and O–H groups in total. The monoisotopic (exact) mass is 355 g/mol. The van der Waals surface area contributed by atoms with Gasteiger partial charge in [0.2, 0.25) is 0 Å². The Kier molecular flexibility index (Phi) is 4.79. The van der Waals surface area contributed by atoms with Gasteiger partial charge in [-0.15, -0.1) is 11.3 Å². The maximum Gasteiger partial charge on any atom is 0.266 e. The van der Waals surface area contributed by atoms with Crippen molar-refractivity contribution in [2.45, 2.75) is 6.92 Å². The summed E-state index contributed by atoms with van der Waals surface area (Å²) in [6.07, 6.45) is 3.23. The quantitative estimate of drug-likeness (QED) is 0.734. The number of Topliss-reactive ketones (excluding diaryl/α,β-unsaturated/α-hetero) is 1. The van der Waals surface area contributed by atoms with Crippen LogP contribution in [0.15, 0.2) is 53.3 Å². The average Bonchev–Trinajstić information content (AvgIpc) is 2.89. The Morgan fingerprint density at radius 1 is 1.12 bits per heavy atom. The first-order valence-electron chi connectivity index (χ1n) is 7.31. The van der Waals surface area contributed by atoms with E-state index in [-0.39, 0.29) is 11.3 Å². The molecule has 0 atom stereocenters. The van der Waals surface area contributed by atoms with Gasteiger partial charge in [-0.1, -0.05) is 48.0 Å². The van der Waals surface area contributed by atoms with Crippen molar-refractivity contribution in [2.24, 2.45) is 0 Å². The zero-order valence-corrected chi connectivity index (χ0v) is 14.4. The molecule has 0 saturated carbocycles. The fraction of sp³-hybridized carbons (Fsp3) is 0.0526. The summed E-state index contributed by atoms with van der Waals surface area (Å²) >= 11 is 7.28. The highest BCUT2D eigenvalue weighted by Crippen LogP contribution is 2.15. The van der Waals surface area contributed by atoms with Gasteiger partial charge < -0.3 is 4.98 Å². The van der Waals surface area contributed by atoms with Crippen molar-refractivity contribution >= 4 is 40.9 Å². The minimum atomic E-state index is -0.236. The highest BCUT2D eigenvalue weighted by molar-refractivity contribution is 7.07. The van der Waals surface area contributed by atoms with Crippen LogP contribution in [0.4, 0.5) is 0 Å². The van der Waals surface area contributed by atoms with E-state index < -0.39 is 0 Å². The summed E-state index contributed by atoms with van der Waals surface area (Å²) in [5.41, 5.74) is 2.27. The molecule has 0 spiro atoms. The molecule has 3 aromatic rings. The highest BCUT2D eigenvalue weighted by Gasteiger charge is 2.07. The molecule has 0 aliphatic heterocycles. The van der Waals surface area contributed by atoms with Crippen LogP contribution in [0.1, 0.15) is 21.5 Å². The molecule has 3 nitrogen and oxygen atoms in total. The molecule has 0 fully saturated rings. The molecule has 0 amide bonds. The smallest absolute Gasteiger partial charge is 0.266 e. The average molecular weight is 356 g/mol. The number of H-pyrrole nitrogens is 1. The highest BCUT2D eigenvalue weighted by atomic mass is 35.5. The van der Waals surface area contributed by atoms with Gasteiger partial charge in [-0.3, -0.25) is 9.59 Å². The second-order valence-corrected chi connectivity index (χ2v) is 6.77. The van der Waals surface area contributed by atoms with Gasteiger partial charge in [0.25, 0.3) is 5.56 Å². The Morgan fingerprint density at radius 3 is 2.58 bits per heavy atom. The molecule has 2 aromatic carbocycles. The summed E-state index contributed by atoms with van der Waals surface area (Å²) in [4.78, 5) is 27.1. The standard InChI is InChI=1S/C19H14ClNO2S/c1-12-6-2-3-7-13(12)10-17-19(23)21-18(24-17)11-16(22)14-8-4-5-9-15(14)20/h2-11H,1H3,(H,21,23)/b17-10-,18-11-. The van der Waals surface area contributed by atoms with Crippen LogP contribution in [0.3, 0.4) is 0 Å². The first kappa shape index (κ1) is 16.4. The van der Waals surface area contributed by atoms with Crippen LogP contribution in [0.2, 0.25) is 5.02 Å². The van der Waals surface area contributed by atoms with E-state index in [0.29, 0.717) is 19.8 Å². The molecule has 0 radical (unpaired) electrons. The van der Waals surface area contributed by atoms with Gasteiger partial charge in [0.1, 0.15) is 0 Å². The topological polar surface area (TPSA) is 49.9 Å². The summed E-state index contributed by atoms with van der Waals surface area (Å²) in [6.45, 7) is 1.99. The molecule has 0 aliphatic carbocycles. The number of hydrogen-bond acceptors (Lipinski definition) is 3. The van der Waals surface area contributed by atoms with Crippen molar-refractivity contribution in [1.29, 1.82) is 0 Å². The first-order chi connectivity index (χ1) is 11.5. The maximum atomic E-state index is 12.3. The van der Waals surface area contributed by atoms with Crippen LogP contribution in [0.5, 0.6) is 0 Å². The van der Waals surface area contributed by atoms with Gasteiger partial charge in [-0.05, 0) is 36.3 Å². The predicted octanol–water partition coefficient (Wildman–Crippen LogP) is 2.89. The van der Waals surface area contributed by atoms with E-state index in [4.69, 9.17) is 11.6 Å². The minimum Gasteiger partial charge on any atom is -0.313 e. The van der Waals surface area contributed by atoms with E-state index in [1.165, 1.54) is 17.4 Å². The number of aryl methyl sites for hydroxylation is 1. The molecule has 1 aromatic heterocycles. The summed E-state index contributed by atoms with van der Waals surface area (Å²) < 4.78 is 1.06. The Hall–Kier alpha value is -2.43. The zero-order valence-electron chi connectivity index (χ0n) is 12.9. The van der Waals surface area contributed by atoms with Crippen LogP contribution < -0.4 is 14.8 Å². The number of hydrogen-bond donors (Lipinski definition) is 1. The van der Waals surface area contributed by atoms with E-state index in [1.807, 2.05) is 37.3 Å². The Balaban J connectivity index is 2.04. The predicted molar refractivity (Wildman–Crippen MR) is 99.2 cm³/mol. The Labute approximate surface area is 147 Å². The molecule has 0 unspecified atom stereocenters. The van der Waals surface area contributed by atoms with Crippen molar-refractivity contribution in [3.63, 3.8) is 0 Å². The van der Waals surface area contributed by atoms with Crippen LogP contribution in [0, 0.1) is 6.92 Å². The second kappa shape index (κ2) is 6.99. The van der Waals surface area contributed by atoms with Crippen LogP contribution in [-0.2, 0) is 0 Å². The number of ketones is 1. The van der Waals surface area contributed by atoms with Crippen molar-refractivity contribution in [2.75, 3.05) is 0 Å². The van der Waals surface area contributed by atoms with Crippen LogP contribution >= 0.6 is 22.9 Å². The van der Waals surface area contributed by atoms with E-state index in [9.17, 15) is 9.59 Å². The second-order valence-electron chi connectivity index (χ2n) is 5.27. The molecular formula is C19H14ClNO2S. The lowest BCUT2D eigenvalue weighted by Crippen LogP contribution is -2.20. The zero-order chi connectivity index (χ0) is 17.1. The number of benzene rings is 2. The van der Waals surface area contributed by atoms with Crippen molar-refractivity contribution in [3.8, 4) is 0 Å². The van der Waals surface area contributed by atoms with Gasteiger partial charge in [-0.2, -0.15) is 0 Å². The van der Waals surface area contributed by atoms with E-state index in [2.05, 4.69) is 4.98 Å². The van der Waals surface area contributed by atoms with Gasteiger partial charge in [0.05, 0.1) is 14.2 Å². The lowest BCUT2D eigenvalue weighted by molar-refractivity contribution is 0.106. The van der Waals surface area contributed by atoms with Crippen molar-refractivity contribution in [1.82, 2.24) is 4.98 Å². The maximum absolute atomic E-state index is 12.3. The molecule has 5 heteroatoms. The molecule has 120 valence electrons. The number of aromatic nitrogens is 1. The third kappa shape index (κ3) is 3.55. The molecule has 24 heavy (non-hydrogen) atoms. The van der Waals surface area contributed by atoms with Crippen molar-refractivity contribution < 1.29 is 4.79 Å². The van der Waals surface area contributed by atoms with Crippen LogP contribution in [0.25, 0.3) is 12.2 Å². The molecule has 0 bridgehead atoms. The Morgan fingerprint density at radius 2 is 1.83 bits per heavy atom. The molecule has 3 rings (SSSR count). The minimum absolute atomic E-state index is 0.207. The largest absolute Gasteiger partial charge is 0.313 e. The number of rotatable bonds is 3. The fourth-order valence-corrected chi connectivity index (χ4v) is 3.38. The summed E-state index contributed by atoms with van der Waals surface area (Å²) in [5.74, 6) is -0.236. The summed E-state index contributed by atoms with van der Waals surface area (Å²) in [7, 11) is 0. The van der Waals surface area contributed by atoms with E-state index in [0.717, 1.165) is 11.1 Å². The first-order valence-corrected chi connectivity index (χ1v) is 8.51. The van der Waals surface area contributed by atoms with Crippen LogP contribution in [-0.4, -0.2) is 10.8 Å². The lowest BCUT2D eigenvalue weighted by Gasteiger charge is -1.97.